The van der Waals surface area contributed by atoms with Crippen molar-refractivity contribution in [3.05, 3.63) is 141 Å². The van der Waals surface area contributed by atoms with Crippen LogP contribution in [0.25, 0.3) is 11.8 Å². The number of benzene rings is 3. The maximum absolute atomic E-state index is 14.1. The lowest BCUT2D eigenvalue weighted by Gasteiger charge is -2.24. The summed E-state index contributed by atoms with van der Waals surface area (Å²) in [5, 5.41) is 2.88. The molecule has 1 aliphatic rings. The highest BCUT2D eigenvalue weighted by Crippen LogP contribution is 2.38. The van der Waals surface area contributed by atoms with Crippen LogP contribution in [0.5, 0.6) is 11.5 Å². The average molecular weight is 678 g/mol. The zero-order valence-corrected chi connectivity index (χ0v) is 27.3. The number of nitrogens with zero attached hydrogens (tertiary/aromatic N) is 2. The molecule has 0 N–H and O–H groups in total. The van der Waals surface area contributed by atoms with Gasteiger partial charge in [-0.25, -0.2) is 9.79 Å². The first kappa shape index (κ1) is 30.9. The number of carbonyl (C=O) groups excluding carboxylic acids is 1. The van der Waals surface area contributed by atoms with Gasteiger partial charge in [-0.1, -0.05) is 83.1 Å². The van der Waals surface area contributed by atoms with E-state index in [9.17, 15) is 9.59 Å². The molecule has 7 nitrogen and oxygen atoms in total. The molecule has 0 aliphatic carbocycles. The highest BCUT2D eigenvalue weighted by atomic mass is 35.5. The number of halogens is 2. The van der Waals surface area contributed by atoms with Crippen LogP contribution in [0.3, 0.4) is 0 Å². The molecule has 0 saturated heterocycles. The number of methoxy groups -OCH3 is 1. The fourth-order valence-corrected chi connectivity index (χ4v) is 7.23. The minimum absolute atomic E-state index is 0.188. The lowest BCUT2D eigenvalue weighted by atomic mass is 9.97. The third-order valence-corrected chi connectivity index (χ3v) is 9.47. The first-order chi connectivity index (χ1) is 21.9. The quantitative estimate of drug-likeness (QED) is 0.159. The van der Waals surface area contributed by atoms with Gasteiger partial charge in [-0.2, -0.15) is 0 Å². The van der Waals surface area contributed by atoms with Gasteiger partial charge in [0.2, 0.25) is 0 Å². The number of aromatic nitrogens is 1. The number of carbonyl (C=O) groups is 1. The smallest absolute Gasteiger partial charge is 0.338 e. The van der Waals surface area contributed by atoms with Crippen LogP contribution in [0.15, 0.2) is 99.6 Å². The van der Waals surface area contributed by atoms with E-state index in [4.69, 9.17) is 42.4 Å². The summed E-state index contributed by atoms with van der Waals surface area (Å²) in [6.45, 7) is 2.21. The Balaban J connectivity index is 1.46. The summed E-state index contributed by atoms with van der Waals surface area (Å²) >= 11 is 15.4. The molecule has 0 spiro atoms. The molecule has 0 amide bonds. The number of hydrogen-bond donors (Lipinski definition) is 0. The molecule has 6 rings (SSSR count). The van der Waals surface area contributed by atoms with Crippen LogP contribution in [0.4, 0.5) is 0 Å². The molecule has 0 unspecified atom stereocenters. The molecule has 0 radical (unpaired) electrons. The lowest BCUT2D eigenvalue weighted by Crippen LogP contribution is -2.39. The Hall–Kier alpha value is -4.15. The summed E-state index contributed by atoms with van der Waals surface area (Å²) < 4.78 is 19.1. The van der Waals surface area contributed by atoms with Crippen molar-refractivity contribution in [1.29, 1.82) is 0 Å². The van der Waals surface area contributed by atoms with Gasteiger partial charge in [0.25, 0.3) is 5.56 Å². The Morgan fingerprint density at radius 2 is 1.82 bits per heavy atom. The number of esters is 1. The van der Waals surface area contributed by atoms with Crippen LogP contribution in [0.1, 0.15) is 34.5 Å². The third kappa shape index (κ3) is 6.35. The topological polar surface area (TPSA) is 79.1 Å². The van der Waals surface area contributed by atoms with Crippen molar-refractivity contribution in [2.45, 2.75) is 19.6 Å². The zero-order chi connectivity index (χ0) is 31.5. The molecule has 228 valence electrons. The van der Waals surface area contributed by atoms with Crippen molar-refractivity contribution < 1.29 is 19.0 Å². The van der Waals surface area contributed by atoms with Crippen molar-refractivity contribution >= 4 is 63.6 Å². The van der Waals surface area contributed by atoms with E-state index < -0.39 is 12.0 Å². The normalized spacial score (nSPS) is 14.6. The van der Waals surface area contributed by atoms with Crippen LogP contribution in [-0.2, 0) is 16.1 Å². The Bertz CT molecular complexity index is 2070. The van der Waals surface area contributed by atoms with Gasteiger partial charge in [0.15, 0.2) is 16.3 Å². The predicted octanol–water partition coefficient (Wildman–Crippen LogP) is 6.89. The van der Waals surface area contributed by atoms with Crippen LogP contribution in [-0.4, -0.2) is 24.3 Å². The van der Waals surface area contributed by atoms with Crippen molar-refractivity contribution in [2.75, 3.05) is 13.7 Å². The number of fused-ring (bicyclic) bond motifs is 1. The molecule has 0 bridgehead atoms. The molecule has 11 heteroatoms. The molecule has 2 aromatic heterocycles. The minimum atomic E-state index is -0.709. The van der Waals surface area contributed by atoms with E-state index in [2.05, 4.69) is 0 Å². The summed E-state index contributed by atoms with van der Waals surface area (Å²) in [4.78, 5) is 33.8. The van der Waals surface area contributed by atoms with Crippen molar-refractivity contribution in [2.24, 2.45) is 4.99 Å². The standard InChI is InChI=1S/C34H26Cl2N2O5S2/c1-3-42-33(40)28-29(22-8-5-4-6-9-22)37-34-38(30(28)26-10-7-15-44-26)32(39)27(45-34)18-21-16-24(36)31(25(17-21)41-2)43-19-20-11-13-23(35)14-12-20/h4-18,30H,3,19H2,1-2H3/b27-18-/t30-/m1/s1. The second-order valence-electron chi connectivity index (χ2n) is 9.90. The summed E-state index contributed by atoms with van der Waals surface area (Å²) in [5.41, 5.74) is 2.82. The molecule has 45 heavy (non-hydrogen) atoms. The second-order valence-corrected chi connectivity index (χ2v) is 12.7. The van der Waals surface area contributed by atoms with Gasteiger partial charge in [-0.15, -0.1) is 11.3 Å². The fraction of sp³-hybridized carbons (Fsp3) is 0.147. The summed E-state index contributed by atoms with van der Waals surface area (Å²) in [6.07, 6.45) is 1.74. The third-order valence-electron chi connectivity index (χ3n) is 7.03. The molecule has 3 aromatic carbocycles. The van der Waals surface area contributed by atoms with Crippen molar-refractivity contribution in [3.63, 3.8) is 0 Å². The summed E-state index contributed by atoms with van der Waals surface area (Å²) in [6, 6.07) is 23.4. The van der Waals surface area contributed by atoms with E-state index in [1.54, 1.807) is 41.8 Å². The lowest BCUT2D eigenvalue weighted by molar-refractivity contribution is -0.138. The number of rotatable bonds is 9. The Morgan fingerprint density at radius 1 is 1.04 bits per heavy atom. The number of hydrogen-bond acceptors (Lipinski definition) is 8. The maximum atomic E-state index is 14.1. The van der Waals surface area contributed by atoms with E-state index in [0.717, 1.165) is 16.0 Å². The molecular formula is C34H26Cl2N2O5S2. The monoisotopic (exact) mass is 676 g/mol. The largest absolute Gasteiger partial charge is 0.493 e. The molecule has 0 fully saturated rings. The fourth-order valence-electron chi connectivity index (χ4n) is 5.01. The van der Waals surface area contributed by atoms with Crippen LogP contribution < -0.4 is 24.4 Å². The first-order valence-corrected chi connectivity index (χ1v) is 16.4. The second kappa shape index (κ2) is 13.5. The van der Waals surface area contributed by atoms with Crippen LogP contribution in [0.2, 0.25) is 10.0 Å². The van der Waals surface area contributed by atoms with E-state index in [0.29, 0.717) is 47.7 Å². The SMILES string of the molecule is CCOC(=O)C1=C(c2ccccc2)N=c2s/c(=C\c3cc(Cl)c(OCc4ccc(Cl)cc4)c(OC)c3)c(=O)n2[C@@H]1c1cccs1. The van der Waals surface area contributed by atoms with Gasteiger partial charge in [0.05, 0.1) is 34.5 Å². The highest BCUT2D eigenvalue weighted by Gasteiger charge is 2.35. The number of ether oxygens (including phenoxy) is 3. The van der Waals surface area contributed by atoms with Gasteiger partial charge in [0, 0.05) is 15.5 Å². The average Bonchev–Trinajstić information content (AvgIpc) is 3.69. The van der Waals surface area contributed by atoms with Gasteiger partial charge in [-0.05, 0) is 59.8 Å². The predicted molar refractivity (Wildman–Crippen MR) is 179 cm³/mol. The molecule has 1 atom stereocenters. The highest BCUT2D eigenvalue weighted by molar-refractivity contribution is 7.10. The van der Waals surface area contributed by atoms with Crippen molar-refractivity contribution in [1.82, 2.24) is 4.57 Å². The van der Waals surface area contributed by atoms with Gasteiger partial charge in [-0.3, -0.25) is 9.36 Å². The van der Waals surface area contributed by atoms with Crippen molar-refractivity contribution in [3.8, 4) is 11.5 Å². The van der Waals surface area contributed by atoms with E-state index in [1.165, 1.54) is 29.8 Å². The van der Waals surface area contributed by atoms with Crippen LogP contribution in [0, 0.1) is 0 Å². The van der Waals surface area contributed by atoms with Gasteiger partial charge < -0.3 is 14.2 Å². The zero-order valence-electron chi connectivity index (χ0n) is 24.2. The summed E-state index contributed by atoms with van der Waals surface area (Å²) in [5.74, 6) is 0.290. The van der Waals surface area contributed by atoms with Crippen LogP contribution >= 0.6 is 45.9 Å². The Kier molecular flexibility index (Phi) is 9.23. The van der Waals surface area contributed by atoms with E-state index in [1.807, 2.05) is 60.0 Å². The van der Waals surface area contributed by atoms with E-state index >= 15 is 0 Å². The number of thiophene rings is 1. The Morgan fingerprint density at radius 3 is 2.51 bits per heavy atom. The number of thiazole rings is 1. The minimum Gasteiger partial charge on any atom is -0.493 e. The maximum Gasteiger partial charge on any atom is 0.338 e. The molecular weight excluding hydrogens is 651 g/mol. The van der Waals surface area contributed by atoms with E-state index in [-0.39, 0.29) is 18.8 Å². The molecule has 3 heterocycles. The first-order valence-electron chi connectivity index (χ1n) is 13.9. The summed E-state index contributed by atoms with van der Waals surface area (Å²) in [7, 11) is 1.53. The molecule has 5 aromatic rings. The Labute approximate surface area is 276 Å². The molecule has 0 saturated carbocycles. The van der Waals surface area contributed by atoms with Gasteiger partial charge >= 0.3 is 5.97 Å². The van der Waals surface area contributed by atoms with Gasteiger partial charge in [0.1, 0.15) is 12.6 Å². The molecule has 1 aliphatic heterocycles.